The molecular weight excluding hydrogens is 228 g/mol. The second-order valence-electron chi connectivity index (χ2n) is 5.51. The third-order valence-electron chi connectivity index (χ3n) is 3.77. The lowest BCUT2D eigenvalue weighted by atomic mass is 9.95. The van der Waals surface area contributed by atoms with E-state index in [1.54, 1.807) is 0 Å². The summed E-state index contributed by atoms with van der Waals surface area (Å²) in [5.74, 6) is 0.823. The first-order chi connectivity index (χ1) is 9.34. The van der Waals surface area contributed by atoms with Gasteiger partial charge in [0.1, 0.15) is 0 Å². The lowest BCUT2D eigenvalue weighted by Crippen LogP contribution is -1.98. The minimum Gasteiger partial charge on any atom is -0.0625 e. The van der Waals surface area contributed by atoms with Gasteiger partial charge in [-0.1, -0.05) is 74.0 Å². The van der Waals surface area contributed by atoms with Crippen molar-refractivity contribution in [2.24, 2.45) is 5.92 Å². The summed E-state index contributed by atoms with van der Waals surface area (Å²) in [6.45, 7) is 2.38. The number of hydrogen-bond acceptors (Lipinski definition) is 0. The van der Waals surface area contributed by atoms with Gasteiger partial charge in [0.2, 0.25) is 0 Å². The van der Waals surface area contributed by atoms with E-state index in [2.05, 4.69) is 67.6 Å². The van der Waals surface area contributed by atoms with Crippen LogP contribution in [0.2, 0.25) is 0 Å². The Bertz CT molecular complexity index is 444. The van der Waals surface area contributed by atoms with Gasteiger partial charge in [-0.3, -0.25) is 0 Å². The van der Waals surface area contributed by atoms with Crippen molar-refractivity contribution in [3.05, 3.63) is 71.8 Å². The number of benzene rings is 2. The van der Waals surface area contributed by atoms with Gasteiger partial charge >= 0.3 is 0 Å². The standard InChI is InChI=1S/C19H24/c1-17(15-16-19-12-6-3-7-13-19)9-8-14-18-10-4-2-5-11-18/h2-7,10-13,17H,8-9,14-16H2,1H3. The maximum atomic E-state index is 2.38. The Morgan fingerprint density at radius 2 is 1.21 bits per heavy atom. The Morgan fingerprint density at radius 1 is 0.684 bits per heavy atom. The fourth-order valence-corrected chi connectivity index (χ4v) is 2.50. The van der Waals surface area contributed by atoms with E-state index in [4.69, 9.17) is 0 Å². The molecule has 0 bridgehead atoms. The molecular formula is C19H24. The summed E-state index contributed by atoms with van der Waals surface area (Å²) in [5.41, 5.74) is 2.94. The third-order valence-corrected chi connectivity index (χ3v) is 3.77. The molecule has 0 aliphatic carbocycles. The van der Waals surface area contributed by atoms with Crippen LogP contribution in [0.15, 0.2) is 60.7 Å². The molecule has 0 aliphatic heterocycles. The van der Waals surface area contributed by atoms with E-state index in [0.717, 1.165) is 5.92 Å². The average molecular weight is 252 g/mol. The quantitative estimate of drug-likeness (QED) is 0.629. The summed E-state index contributed by atoms with van der Waals surface area (Å²) in [6, 6.07) is 21.6. The molecule has 0 aromatic heterocycles. The molecule has 2 aromatic rings. The van der Waals surface area contributed by atoms with Gasteiger partial charge in [0, 0.05) is 0 Å². The van der Waals surface area contributed by atoms with E-state index in [-0.39, 0.29) is 0 Å². The first-order valence-electron chi connectivity index (χ1n) is 7.42. The van der Waals surface area contributed by atoms with Crippen LogP contribution in [0.4, 0.5) is 0 Å². The topological polar surface area (TPSA) is 0 Å². The van der Waals surface area contributed by atoms with Crippen molar-refractivity contribution >= 4 is 0 Å². The average Bonchev–Trinajstić information content (AvgIpc) is 2.47. The van der Waals surface area contributed by atoms with E-state index < -0.39 is 0 Å². The smallest absolute Gasteiger partial charge is 0.0276 e. The summed E-state index contributed by atoms with van der Waals surface area (Å²) >= 11 is 0. The zero-order valence-electron chi connectivity index (χ0n) is 11.9. The van der Waals surface area contributed by atoms with Gasteiger partial charge in [-0.05, 0) is 42.7 Å². The zero-order chi connectivity index (χ0) is 13.3. The SMILES string of the molecule is CC(CCCc1ccccc1)CCc1ccccc1. The van der Waals surface area contributed by atoms with Crippen LogP contribution in [0.25, 0.3) is 0 Å². The van der Waals surface area contributed by atoms with Crippen molar-refractivity contribution in [2.45, 2.75) is 39.0 Å². The van der Waals surface area contributed by atoms with Crippen molar-refractivity contribution in [1.82, 2.24) is 0 Å². The largest absolute Gasteiger partial charge is 0.0625 e. The van der Waals surface area contributed by atoms with E-state index in [0.29, 0.717) is 0 Å². The summed E-state index contributed by atoms with van der Waals surface area (Å²) in [6.07, 6.45) is 6.38. The van der Waals surface area contributed by atoms with Gasteiger partial charge in [0.15, 0.2) is 0 Å². The molecule has 0 aliphatic rings. The number of rotatable bonds is 7. The van der Waals surface area contributed by atoms with Crippen LogP contribution in [-0.4, -0.2) is 0 Å². The lowest BCUT2D eigenvalue weighted by molar-refractivity contribution is 0.475. The second-order valence-corrected chi connectivity index (χ2v) is 5.51. The zero-order valence-corrected chi connectivity index (χ0v) is 11.9. The van der Waals surface area contributed by atoms with Gasteiger partial charge < -0.3 is 0 Å². The van der Waals surface area contributed by atoms with E-state index in [9.17, 15) is 0 Å². The fourth-order valence-electron chi connectivity index (χ4n) is 2.50. The molecule has 100 valence electrons. The van der Waals surface area contributed by atoms with Crippen LogP contribution in [0.1, 0.15) is 37.3 Å². The lowest BCUT2D eigenvalue weighted by Gasteiger charge is -2.11. The molecule has 0 heterocycles. The number of aryl methyl sites for hydroxylation is 2. The highest BCUT2D eigenvalue weighted by Crippen LogP contribution is 2.16. The minimum atomic E-state index is 0.823. The molecule has 19 heavy (non-hydrogen) atoms. The van der Waals surface area contributed by atoms with Crippen LogP contribution >= 0.6 is 0 Å². The van der Waals surface area contributed by atoms with E-state index in [1.807, 2.05) is 0 Å². The van der Waals surface area contributed by atoms with Crippen LogP contribution in [-0.2, 0) is 12.8 Å². The molecule has 2 aromatic carbocycles. The minimum absolute atomic E-state index is 0.823. The molecule has 0 nitrogen and oxygen atoms in total. The summed E-state index contributed by atoms with van der Waals surface area (Å²) in [5, 5.41) is 0. The molecule has 0 saturated heterocycles. The van der Waals surface area contributed by atoms with Crippen LogP contribution in [0.5, 0.6) is 0 Å². The normalized spacial score (nSPS) is 12.3. The fraction of sp³-hybridized carbons (Fsp3) is 0.368. The van der Waals surface area contributed by atoms with E-state index in [1.165, 1.54) is 43.2 Å². The molecule has 0 saturated carbocycles. The van der Waals surface area contributed by atoms with Crippen molar-refractivity contribution in [2.75, 3.05) is 0 Å². The summed E-state index contributed by atoms with van der Waals surface area (Å²) in [4.78, 5) is 0. The van der Waals surface area contributed by atoms with Crippen LogP contribution in [0, 0.1) is 5.92 Å². The Balaban J connectivity index is 1.64. The summed E-state index contributed by atoms with van der Waals surface area (Å²) in [7, 11) is 0. The third kappa shape index (κ3) is 5.30. The highest BCUT2D eigenvalue weighted by Gasteiger charge is 2.03. The molecule has 2 rings (SSSR count). The molecule has 1 unspecified atom stereocenters. The monoisotopic (exact) mass is 252 g/mol. The maximum absolute atomic E-state index is 2.38. The first kappa shape index (κ1) is 13.9. The molecule has 0 N–H and O–H groups in total. The van der Waals surface area contributed by atoms with Crippen molar-refractivity contribution in [1.29, 1.82) is 0 Å². The van der Waals surface area contributed by atoms with Gasteiger partial charge in [0.25, 0.3) is 0 Å². The highest BCUT2D eigenvalue weighted by atomic mass is 14.1. The number of hydrogen-bond donors (Lipinski definition) is 0. The maximum Gasteiger partial charge on any atom is -0.0276 e. The second kappa shape index (κ2) is 7.78. The highest BCUT2D eigenvalue weighted by molar-refractivity contribution is 5.15. The van der Waals surface area contributed by atoms with Gasteiger partial charge in [-0.15, -0.1) is 0 Å². The van der Waals surface area contributed by atoms with Crippen molar-refractivity contribution < 1.29 is 0 Å². The molecule has 0 spiro atoms. The molecule has 0 amide bonds. The molecule has 1 atom stereocenters. The van der Waals surface area contributed by atoms with Gasteiger partial charge in [0.05, 0.1) is 0 Å². The Kier molecular flexibility index (Phi) is 5.68. The van der Waals surface area contributed by atoms with Gasteiger partial charge in [-0.2, -0.15) is 0 Å². The van der Waals surface area contributed by atoms with E-state index >= 15 is 0 Å². The Labute approximate surface area is 117 Å². The Hall–Kier alpha value is -1.56. The Morgan fingerprint density at radius 3 is 1.79 bits per heavy atom. The predicted molar refractivity (Wildman–Crippen MR) is 83.3 cm³/mol. The molecule has 0 fully saturated rings. The van der Waals surface area contributed by atoms with Crippen LogP contribution in [0.3, 0.4) is 0 Å². The summed E-state index contributed by atoms with van der Waals surface area (Å²) < 4.78 is 0. The predicted octanol–water partition coefficient (Wildman–Crippen LogP) is 5.28. The van der Waals surface area contributed by atoms with Crippen LogP contribution < -0.4 is 0 Å². The molecule has 0 heteroatoms. The van der Waals surface area contributed by atoms with Gasteiger partial charge in [-0.25, -0.2) is 0 Å². The molecule has 0 radical (unpaired) electrons. The van der Waals surface area contributed by atoms with Crippen molar-refractivity contribution in [3.63, 3.8) is 0 Å². The van der Waals surface area contributed by atoms with Crippen molar-refractivity contribution in [3.8, 4) is 0 Å². The first-order valence-corrected chi connectivity index (χ1v) is 7.42.